The molecule has 2 aromatic rings. The average molecular weight is 230 g/mol. The number of rotatable bonds is 2. The van der Waals surface area contributed by atoms with E-state index in [4.69, 9.17) is 4.74 Å². The Labute approximate surface area is 102 Å². The molecule has 0 bridgehead atoms. The van der Waals surface area contributed by atoms with Crippen molar-refractivity contribution in [3.8, 4) is 11.4 Å². The van der Waals surface area contributed by atoms with Gasteiger partial charge in [0, 0.05) is 17.7 Å². The molecule has 0 aliphatic heterocycles. The van der Waals surface area contributed by atoms with E-state index >= 15 is 0 Å². The molecule has 3 nitrogen and oxygen atoms in total. The summed E-state index contributed by atoms with van der Waals surface area (Å²) in [7, 11) is 1.67. The molecule has 1 heterocycles. The number of hydrogen-bond donors (Lipinski definition) is 0. The van der Waals surface area contributed by atoms with Gasteiger partial charge in [-0.25, -0.2) is 4.68 Å². The zero-order chi connectivity index (χ0) is 12.5. The van der Waals surface area contributed by atoms with Gasteiger partial charge < -0.3 is 4.74 Å². The van der Waals surface area contributed by atoms with E-state index in [-0.39, 0.29) is 5.41 Å². The van der Waals surface area contributed by atoms with Crippen LogP contribution in [-0.4, -0.2) is 16.9 Å². The third kappa shape index (κ3) is 2.49. The normalized spacial score (nSPS) is 11.5. The van der Waals surface area contributed by atoms with E-state index in [9.17, 15) is 0 Å². The second-order valence-corrected chi connectivity index (χ2v) is 5.10. The maximum atomic E-state index is 5.21. The zero-order valence-corrected chi connectivity index (χ0v) is 10.8. The van der Waals surface area contributed by atoms with E-state index in [1.54, 1.807) is 7.11 Å². The van der Waals surface area contributed by atoms with Crippen molar-refractivity contribution in [2.45, 2.75) is 26.2 Å². The van der Waals surface area contributed by atoms with Crippen molar-refractivity contribution in [1.29, 1.82) is 0 Å². The van der Waals surface area contributed by atoms with Gasteiger partial charge >= 0.3 is 0 Å². The molecule has 0 aliphatic carbocycles. The smallest absolute Gasteiger partial charge is 0.121 e. The van der Waals surface area contributed by atoms with E-state index in [1.165, 1.54) is 0 Å². The minimum atomic E-state index is 0.0735. The first-order valence-electron chi connectivity index (χ1n) is 5.71. The fourth-order valence-electron chi connectivity index (χ4n) is 1.62. The summed E-state index contributed by atoms with van der Waals surface area (Å²) in [5.41, 5.74) is 2.17. The highest BCUT2D eigenvalue weighted by Crippen LogP contribution is 2.22. The summed E-state index contributed by atoms with van der Waals surface area (Å²) < 4.78 is 7.09. The second-order valence-electron chi connectivity index (χ2n) is 5.10. The van der Waals surface area contributed by atoms with Crippen LogP contribution in [0.25, 0.3) is 5.69 Å². The SMILES string of the molecule is COc1cccc(-n2ccc(C(C)(C)C)n2)c1. The first-order chi connectivity index (χ1) is 8.00. The van der Waals surface area contributed by atoms with Gasteiger partial charge in [0.2, 0.25) is 0 Å². The van der Waals surface area contributed by atoms with Gasteiger partial charge in [-0.2, -0.15) is 5.10 Å². The molecule has 1 aromatic heterocycles. The van der Waals surface area contributed by atoms with Gasteiger partial charge in [0.1, 0.15) is 5.75 Å². The van der Waals surface area contributed by atoms with Gasteiger partial charge in [0.15, 0.2) is 0 Å². The highest BCUT2D eigenvalue weighted by molar-refractivity contribution is 5.38. The molecule has 0 fully saturated rings. The molecule has 1 aromatic carbocycles. The summed E-state index contributed by atoms with van der Waals surface area (Å²) in [4.78, 5) is 0. The molecule has 0 amide bonds. The first kappa shape index (κ1) is 11.7. The third-order valence-corrected chi connectivity index (χ3v) is 2.68. The summed E-state index contributed by atoms with van der Waals surface area (Å²) in [6.07, 6.45) is 1.98. The quantitative estimate of drug-likeness (QED) is 0.792. The lowest BCUT2D eigenvalue weighted by molar-refractivity contribution is 0.414. The molecular formula is C14H18N2O. The van der Waals surface area contributed by atoms with Crippen molar-refractivity contribution in [3.63, 3.8) is 0 Å². The Morgan fingerprint density at radius 2 is 1.94 bits per heavy atom. The number of aromatic nitrogens is 2. The van der Waals surface area contributed by atoms with E-state index in [0.717, 1.165) is 17.1 Å². The fourth-order valence-corrected chi connectivity index (χ4v) is 1.62. The number of hydrogen-bond acceptors (Lipinski definition) is 2. The van der Waals surface area contributed by atoms with E-state index in [1.807, 2.05) is 35.1 Å². The van der Waals surface area contributed by atoms with Crippen LogP contribution in [0, 0.1) is 0 Å². The lowest BCUT2D eigenvalue weighted by atomic mass is 9.93. The highest BCUT2D eigenvalue weighted by atomic mass is 16.5. The minimum Gasteiger partial charge on any atom is -0.497 e. The lowest BCUT2D eigenvalue weighted by Gasteiger charge is -2.14. The van der Waals surface area contributed by atoms with Crippen LogP contribution in [0.3, 0.4) is 0 Å². The minimum absolute atomic E-state index is 0.0735. The predicted molar refractivity (Wildman–Crippen MR) is 68.8 cm³/mol. The Bertz CT molecular complexity index is 509. The summed E-state index contributed by atoms with van der Waals surface area (Å²) in [6, 6.07) is 9.94. The maximum Gasteiger partial charge on any atom is 0.121 e. The molecule has 2 rings (SSSR count). The monoisotopic (exact) mass is 230 g/mol. The highest BCUT2D eigenvalue weighted by Gasteiger charge is 2.16. The molecule has 0 radical (unpaired) electrons. The maximum absolute atomic E-state index is 5.21. The fraction of sp³-hybridized carbons (Fsp3) is 0.357. The van der Waals surface area contributed by atoms with Crippen molar-refractivity contribution in [2.75, 3.05) is 7.11 Å². The molecule has 0 atom stereocenters. The Morgan fingerprint density at radius 1 is 1.18 bits per heavy atom. The average Bonchev–Trinajstić information content (AvgIpc) is 2.78. The molecule has 0 unspecified atom stereocenters. The van der Waals surface area contributed by atoms with E-state index < -0.39 is 0 Å². The summed E-state index contributed by atoms with van der Waals surface area (Å²) in [5, 5.41) is 4.59. The van der Waals surface area contributed by atoms with E-state index in [2.05, 4.69) is 31.9 Å². The second kappa shape index (κ2) is 4.24. The number of methoxy groups -OCH3 is 1. The van der Waals surface area contributed by atoms with Crippen molar-refractivity contribution in [1.82, 2.24) is 9.78 Å². The van der Waals surface area contributed by atoms with Crippen LogP contribution in [0.2, 0.25) is 0 Å². The Morgan fingerprint density at radius 3 is 2.53 bits per heavy atom. The molecular weight excluding hydrogens is 212 g/mol. The van der Waals surface area contributed by atoms with Gasteiger partial charge in [-0.1, -0.05) is 26.8 Å². The number of nitrogens with zero attached hydrogens (tertiary/aromatic N) is 2. The van der Waals surface area contributed by atoms with Gasteiger partial charge in [-0.3, -0.25) is 0 Å². The van der Waals surface area contributed by atoms with Gasteiger partial charge in [-0.05, 0) is 18.2 Å². The van der Waals surface area contributed by atoms with Crippen LogP contribution in [0.15, 0.2) is 36.5 Å². The van der Waals surface area contributed by atoms with Crippen LogP contribution in [-0.2, 0) is 5.41 Å². The first-order valence-corrected chi connectivity index (χ1v) is 5.71. The van der Waals surface area contributed by atoms with Crippen LogP contribution < -0.4 is 4.74 Å². The van der Waals surface area contributed by atoms with Crippen LogP contribution in [0.1, 0.15) is 26.5 Å². The summed E-state index contributed by atoms with van der Waals surface area (Å²) in [5.74, 6) is 0.843. The summed E-state index contributed by atoms with van der Waals surface area (Å²) >= 11 is 0. The van der Waals surface area contributed by atoms with Crippen molar-refractivity contribution < 1.29 is 4.74 Å². The summed E-state index contributed by atoms with van der Waals surface area (Å²) in [6.45, 7) is 6.47. The Kier molecular flexibility index (Phi) is 2.92. The largest absolute Gasteiger partial charge is 0.497 e. The van der Waals surface area contributed by atoms with Crippen molar-refractivity contribution >= 4 is 0 Å². The predicted octanol–water partition coefficient (Wildman–Crippen LogP) is 3.18. The Balaban J connectivity index is 2.37. The number of ether oxygens (including phenoxy) is 1. The van der Waals surface area contributed by atoms with Crippen LogP contribution in [0.4, 0.5) is 0 Å². The molecule has 0 aliphatic rings. The van der Waals surface area contributed by atoms with Crippen molar-refractivity contribution in [3.05, 3.63) is 42.2 Å². The standard InChI is InChI=1S/C14H18N2O/c1-14(2,3)13-8-9-16(15-13)11-6-5-7-12(10-11)17-4/h5-10H,1-4H3. The lowest BCUT2D eigenvalue weighted by Crippen LogP contribution is -2.12. The topological polar surface area (TPSA) is 27.1 Å². The van der Waals surface area contributed by atoms with Crippen LogP contribution in [0.5, 0.6) is 5.75 Å². The van der Waals surface area contributed by atoms with Gasteiger partial charge in [0.25, 0.3) is 0 Å². The molecule has 90 valence electrons. The van der Waals surface area contributed by atoms with E-state index in [0.29, 0.717) is 0 Å². The Hall–Kier alpha value is -1.77. The molecule has 3 heteroatoms. The molecule has 0 saturated heterocycles. The molecule has 0 spiro atoms. The van der Waals surface area contributed by atoms with Crippen molar-refractivity contribution in [2.24, 2.45) is 0 Å². The molecule has 17 heavy (non-hydrogen) atoms. The molecule has 0 N–H and O–H groups in total. The van der Waals surface area contributed by atoms with Gasteiger partial charge in [0.05, 0.1) is 18.5 Å². The number of benzene rings is 1. The molecule has 0 saturated carbocycles. The van der Waals surface area contributed by atoms with Crippen LogP contribution >= 0.6 is 0 Å². The third-order valence-electron chi connectivity index (χ3n) is 2.68. The zero-order valence-electron chi connectivity index (χ0n) is 10.8. The van der Waals surface area contributed by atoms with Gasteiger partial charge in [-0.15, -0.1) is 0 Å².